The van der Waals surface area contributed by atoms with Crippen molar-refractivity contribution in [3.8, 4) is 0 Å². The van der Waals surface area contributed by atoms with Gasteiger partial charge >= 0.3 is 0 Å². The predicted octanol–water partition coefficient (Wildman–Crippen LogP) is 3.50. The fourth-order valence-electron chi connectivity index (χ4n) is 3.89. The summed E-state index contributed by atoms with van der Waals surface area (Å²) >= 11 is 0. The molecule has 3 aromatic rings. The van der Waals surface area contributed by atoms with Crippen LogP contribution >= 0.6 is 0 Å². The van der Waals surface area contributed by atoms with Crippen molar-refractivity contribution >= 4 is 22.7 Å². The molecule has 1 N–H and O–H groups in total. The minimum atomic E-state index is -0.247. The Morgan fingerprint density at radius 2 is 1.79 bits per heavy atom. The van der Waals surface area contributed by atoms with Crippen molar-refractivity contribution in [1.29, 1.82) is 0 Å². The molecule has 1 fully saturated rings. The number of H-pyrrole nitrogens is 1. The van der Waals surface area contributed by atoms with E-state index in [0.29, 0.717) is 23.5 Å². The number of benzene rings is 1. The van der Waals surface area contributed by atoms with E-state index in [1.54, 1.807) is 6.20 Å². The number of hydrogen-bond acceptors (Lipinski definition) is 5. The first kappa shape index (κ1) is 19.5. The van der Waals surface area contributed by atoms with Gasteiger partial charge in [-0.2, -0.15) is 10.1 Å². The number of nitrogens with zero attached hydrogens (tertiary/aromatic N) is 5. The molecule has 1 aromatic carbocycles. The second-order valence-corrected chi connectivity index (χ2v) is 8.92. The Morgan fingerprint density at radius 3 is 2.45 bits per heavy atom. The van der Waals surface area contributed by atoms with Gasteiger partial charge in [-0.1, -0.05) is 12.1 Å². The van der Waals surface area contributed by atoms with Crippen LogP contribution in [-0.2, 0) is 12.1 Å². The van der Waals surface area contributed by atoms with Gasteiger partial charge in [-0.25, -0.2) is 4.68 Å². The van der Waals surface area contributed by atoms with Gasteiger partial charge in [0.25, 0.3) is 5.56 Å². The van der Waals surface area contributed by atoms with Crippen LogP contribution < -0.4 is 15.4 Å². The van der Waals surface area contributed by atoms with Gasteiger partial charge in [0.05, 0.1) is 11.7 Å². The molecule has 0 aliphatic carbocycles. The van der Waals surface area contributed by atoms with E-state index in [-0.39, 0.29) is 11.1 Å². The van der Waals surface area contributed by atoms with Crippen LogP contribution in [-0.4, -0.2) is 39.9 Å². The van der Waals surface area contributed by atoms with Crippen LogP contribution in [0.4, 0.5) is 11.6 Å². The summed E-state index contributed by atoms with van der Waals surface area (Å²) in [6.07, 6.45) is 5.48. The zero-order valence-electron chi connectivity index (χ0n) is 17.8. The third-order valence-corrected chi connectivity index (χ3v) is 5.50. The van der Waals surface area contributed by atoms with E-state index >= 15 is 0 Å². The van der Waals surface area contributed by atoms with Crippen LogP contribution in [0.3, 0.4) is 0 Å². The lowest BCUT2D eigenvalue weighted by atomic mass is 10.1. The average molecular weight is 395 g/mol. The Morgan fingerprint density at radius 1 is 1.10 bits per heavy atom. The second-order valence-electron chi connectivity index (χ2n) is 8.92. The van der Waals surface area contributed by atoms with E-state index in [2.05, 4.69) is 60.0 Å². The van der Waals surface area contributed by atoms with Crippen molar-refractivity contribution in [2.24, 2.45) is 0 Å². The molecular formula is C22H30N6O. The lowest BCUT2D eigenvalue weighted by Crippen LogP contribution is -2.29. The third kappa shape index (κ3) is 3.99. The average Bonchev–Trinajstić information content (AvgIpc) is 3.14. The maximum Gasteiger partial charge on any atom is 0.263 e. The number of rotatable bonds is 4. The molecule has 4 rings (SSSR count). The number of aromatic amines is 1. The summed E-state index contributed by atoms with van der Waals surface area (Å²) in [5.41, 5.74) is 2.68. The second kappa shape index (κ2) is 7.54. The Balaban J connectivity index is 1.55. The SMILES string of the molecule is CN(Cc1ccc(N2CCCCC2)cc1)c1nc2c(cnn2C(C)(C)C)c(=O)[nH]1. The van der Waals surface area contributed by atoms with Crippen molar-refractivity contribution in [2.45, 2.75) is 52.1 Å². The molecule has 1 aliphatic rings. The molecule has 0 radical (unpaired) electrons. The molecule has 0 bridgehead atoms. The van der Waals surface area contributed by atoms with E-state index in [1.165, 1.54) is 30.5 Å². The molecule has 1 aliphatic heterocycles. The summed E-state index contributed by atoms with van der Waals surface area (Å²) in [6, 6.07) is 8.72. The van der Waals surface area contributed by atoms with Gasteiger partial charge < -0.3 is 9.80 Å². The molecule has 0 spiro atoms. The maximum atomic E-state index is 12.5. The zero-order valence-corrected chi connectivity index (χ0v) is 17.8. The summed E-state index contributed by atoms with van der Waals surface area (Å²) < 4.78 is 1.81. The number of piperidine rings is 1. The van der Waals surface area contributed by atoms with Crippen LogP contribution in [0.1, 0.15) is 45.6 Å². The fourth-order valence-corrected chi connectivity index (χ4v) is 3.89. The molecule has 0 amide bonds. The van der Waals surface area contributed by atoms with E-state index in [0.717, 1.165) is 13.1 Å². The Labute approximate surface area is 171 Å². The van der Waals surface area contributed by atoms with Crippen LogP contribution in [0.2, 0.25) is 0 Å². The van der Waals surface area contributed by atoms with Gasteiger partial charge in [-0.15, -0.1) is 0 Å². The molecule has 29 heavy (non-hydrogen) atoms. The molecule has 0 saturated carbocycles. The molecule has 7 nitrogen and oxygen atoms in total. The number of fused-ring (bicyclic) bond motifs is 1. The molecule has 154 valence electrons. The molecule has 3 heterocycles. The maximum absolute atomic E-state index is 12.5. The zero-order chi connectivity index (χ0) is 20.6. The number of aromatic nitrogens is 4. The quantitative estimate of drug-likeness (QED) is 0.733. The van der Waals surface area contributed by atoms with Crippen molar-refractivity contribution in [3.05, 3.63) is 46.4 Å². The minimum absolute atomic E-state index is 0.159. The minimum Gasteiger partial charge on any atom is -0.372 e. The monoisotopic (exact) mass is 394 g/mol. The molecule has 0 atom stereocenters. The molecular weight excluding hydrogens is 364 g/mol. The van der Waals surface area contributed by atoms with E-state index < -0.39 is 0 Å². The van der Waals surface area contributed by atoms with Crippen molar-refractivity contribution < 1.29 is 0 Å². The van der Waals surface area contributed by atoms with E-state index in [4.69, 9.17) is 4.98 Å². The van der Waals surface area contributed by atoms with Crippen molar-refractivity contribution in [2.75, 3.05) is 29.9 Å². The van der Waals surface area contributed by atoms with E-state index in [9.17, 15) is 4.79 Å². The highest BCUT2D eigenvalue weighted by molar-refractivity contribution is 5.74. The largest absolute Gasteiger partial charge is 0.372 e. The van der Waals surface area contributed by atoms with Crippen molar-refractivity contribution in [3.63, 3.8) is 0 Å². The summed E-state index contributed by atoms with van der Waals surface area (Å²) in [6.45, 7) is 9.11. The van der Waals surface area contributed by atoms with Gasteiger partial charge in [-0.3, -0.25) is 9.78 Å². The van der Waals surface area contributed by atoms with Gasteiger partial charge in [-0.05, 0) is 57.7 Å². The normalized spacial score (nSPS) is 15.1. The summed E-state index contributed by atoms with van der Waals surface area (Å²) in [4.78, 5) is 24.6. The predicted molar refractivity (Wildman–Crippen MR) is 118 cm³/mol. The van der Waals surface area contributed by atoms with Crippen LogP contribution in [0.25, 0.3) is 11.0 Å². The van der Waals surface area contributed by atoms with Crippen LogP contribution in [0, 0.1) is 0 Å². The van der Waals surface area contributed by atoms with E-state index in [1.807, 2.05) is 16.6 Å². The van der Waals surface area contributed by atoms with Gasteiger partial charge in [0.1, 0.15) is 5.39 Å². The Bertz CT molecular complexity index is 1040. The Kier molecular flexibility index (Phi) is 5.06. The first-order valence-corrected chi connectivity index (χ1v) is 10.4. The summed E-state index contributed by atoms with van der Waals surface area (Å²) in [5.74, 6) is 0.550. The van der Waals surface area contributed by atoms with Crippen LogP contribution in [0.5, 0.6) is 0 Å². The third-order valence-electron chi connectivity index (χ3n) is 5.50. The van der Waals surface area contributed by atoms with Gasteiger partial charge in [0.15, 0.2) is 5.65 Å². The topological polar surface area (TPSA) is 70.1 Å². The molecule has 0 unspecified atom stereocenters. The molecule has 2 aromatic heterocycles. The lowest BCUT2D eigenvalue weighted by Gasteiger charge is -2.29. The highest BCUT2D eigenvalue weighted by atomic mass is 16.1. The number of hydrogen-bond donors (Lipinski definition) is 1. The fraction of sp³-hybridized carbons (Fsp3) is 0.500. The highest BCUT2D eigenvalue weighted by Gasteiger charge is 2.20. The smallest absolute Gasteiger partial charge is 0.263 e. The number of anilines is 2. The number of nitrogens with one attached hydrogen (secondary N) is 1. The summed E-state index contributed by atoms with van der Waals surface area (Å²) in [5, 5.41) is 4.89. The van der Waals surface area contributed by atoms with Gasteiger partial charge in [0, 0.05) is 32.4 Å². The Hall–Kier alpha value is -2.83. The first-order valence-electron chi connectivity index (χ1n) is 10.4. The molecule has 1 saturated heterocycles. The van der Waals surface area contributed by atoms with Gasteiger partial charge in [0.2, 0.25) is 5.95 Å². The van der Waals surface area contributed by atoms with Crippen LogP contribution in [0.15, 0.2) is 35.3 Å². The lowest BCUT2D eigenvalue weighted by molar-refractivity contribution is 0.366. The standard InChI is InChI=1S/C22H30N6O/c1-22(2,3)28-19-18(14-23-28)20(29)25-21(24-19)26(4)15-16-8-10-17(11-9-16)27-12-6-5-7-13-27/h8-11,14H,5-7,12-13,15H2,1-4H3,(H,24,25,29). The van der Waals surface area contributed by atoms with Crippen molar-refractivity contribution in [1.82, 2.24) is 19.7 Å². The highest BCUT2D eigenvalue weighted by Crippen LogP contribution is 2.22. The molecule has 7 heteroatoms. The summed E-state index contributed by atoms with van der Waals surface area (Å²) in [7, 11) is 1.94. The first-order chi connectivity index (χ1) is 13.8.